The van der Waals surface area contributed by atoms with Gasteiger partial charge in [0.25, 0.3) is 5.91 Å². The maximum atomic E-state index is 12.2. The molecule has 0 unspecified atom stereocenters. The third-order valence-corrected chi connectivity index (χ3v) is 6.98. The molecule has 0 fully saturated rings. The van der Waals surface area contributed by atoms with E-state index >= 15 is 0 Å². The van der Waals surface area contributed by atoms with Crippen molar-refractivity contribution in [1.82, 2.24) is 19.5 Å². The first-order chi connectivity index (χ1) is 19.6. The van der Waals surface area contributed by atoms with E-state index in [1.54, 1.807) is 31.3 Å². The van der Waals surface area contributed by atoms with Gasteiger partial charge in [-0.15, -0.1) is 0 Å². The van der Waals surface area contributed by atoms with Crippen LogP contribution in [0.3, 0.4) is 0 Å². The van der Waals surface area contributed by atoms with Gasteiger partial charge >= 0.3 is 6.01 Å². The van der Waals surface area contributed by atoms with Gasteiger partial charge in [-0.2, -0.15) is 5.26 Å². The monoisotopic (exact) mass is 563 g/mol. The van der Waals surface area contributed by atoms with Crippen molar-refractivity contribution in [1.29, 1.82) is 5.26 Å². The second-order valence-electron chi connectivity index (χ2n) is 9.67. The minimum atomic E-state index is -0.257. The Hall–Kier alpha value is -5.20. The van der Waals surface area contributed by atoms with Gasteiger partial charge in [0, 0.05) is 47.5 Å². The van der Waals surface area contributed by atoms with Crippen molar-refractivity contribution in [3.05, 3.63) is 88.9 Å². The number of nitrogens with two attached hydrogens (primary N) is 1. The van der Waals surface area contributed by atoms with Crippen molar-refractivity contribution in [2.75, 3.05) is 11.1 Å². The van der Waals surface area contributed by atoms with E-state index in [1.807, 2.05) is 49.7 Å². The minimum absolute atomic E-state index is 0.187. The van der Waals surface area contributed by atoms with Crippen LogP contribution in [0.2, 0.25) is 5.02 Å². The summed E-state index contributed by atoms with van der Waals surface area (Å²) in [6, 6.07) is 15.2. The third-order valence-electron chi connectivity index (χ3n) is 6.68. The number of hydrogen-bond donors (Lipinski definition) is 2. The smallest absolute Gasteiger partial charge is 0.322 e. The molecule has 0 radical (unpaired) electrons. The highest BCUT2D eigenvalue weighted by molar-refractivity contribution is 6.32. The number of carbonyl (C=O) groups excluding carboxylic acids is 1. The molecule has 204 valence electrons. The van der Waals surface area contributed by atoms with Crippen molar-refractivity contribution in [3.63, 3.8) is 0 Å². The fraction of sp³-hybridized carbons (Fsp3) is 0.129. The van der Waals surface area contributed by atoms with Gasteiger partial charge in [0.05, 0.1) is 27.2 Å². The molecule has 0 saturated carbocycles. The van der Waals surface area contributed by atoms with Crippen molar-refractivity contribution >= 4 is 39.9 Å². The van der Waals surface area contributed by atoms with Crippen LogP contribution < -0.4 is 15.8 Å². The van der Waals surface area contributed by atoms with E-state index in [9.17, 15) is 10.1 Å². The number of ether oxygens (including phenoxy) is 1. The predicted molar refractivity (Wildman–Crippen MR) is 161 cm³/mol. The van der Waals surface area contributed by atoms with Crippen molar-refractivity contribution in [3.8, 4) is 40.2 Å². The van der Waals surface area contributed by atoms with Gasteiger partial charge in [-0.25, -0.2) is 15.0 Å². The fourth-order valence-electron chi connectivity index (χ4n) is 4.74. The van der Waals surface area contributed by atoms with Crippen LogP contribution in [0.1, 0.15) is 23.7 Å². The molecule has 3 aromatic heterocycles. The second kappa shape index (κ2) is 10.8. The molecule has 0 aliphatic carbocycles. The lowest BCUT2D eigenvalue weighted by molar-refractivity contribution is -0.112. The highest BCUT2D eigenvalue weighted by atomic mass is 35.5. The molecule has 1 amide bonds. The predicted octanol–water partition coefficient (Wildman–Crippen LogP) is 6.73. The number of nitrogens with one attached hydrogen (secondary N) is 1. The van der Waals surface area contributed by atoms with Crippen LogP contribution in [-0.2, 0) is 11.8 Å². The van der Waals surface area contributed by atoms with E-state index in [0.29, 0.717) is 38.5 Å². The molecule has 5 rings (SSSR count). The lowest BCUT2D eigenvalue weighted by atomic mass is 9.95. The molecular formula is C31H26ClN7O2. The van der Waals surface area contributed by atoms with Crippen LogP contribution in [0, 0.1) is 25.2 Å². The van der Waals surface area contributed by atoms with Crippen molar-refractivity contribution in [2.45, 2.75) is 20.8 Å². The number of nitrogen functional groups attached to an aromatic ring is 1. The van der Waals surface area contributed by atoms with Gasteiger partial charge in [0.15, 0.2) is 0 Å². The zero-order chi connectivity index (χ0) is 29.4. The molecule has 0 atom stereocenters. The summed E-state index contributed by atoms with van der Waals surface area (Å²) in [5.74, 6) is 0.414. The summed E-state index contributed by atoms with van der Waals surface area (Å²) < 4.78 is 7.79. The topological polar surface area (TPSA) is 132 Å². The minimum Gasteiger partial charge on any atom is -0.423 e. The highest BCUT2D eigenvalue weighted by Gasteiger charge is 2.25. The second-order valence-corrected chi connectivity index (χ2v) is 10.1. The highest BCUT2D eigenvalue weighted by Crippen LogP contribution is 2.46. The number of nitrogens with zero attached hydrogens (tertiary/aromatic N) is 5. The molecule has 0 saturated heterocycles. The largest absolute Gasteiger partial charge is 0.423 e. The summed E-state index contributed by atoms with van der Waals surface area (Å²) in [7, 11) is 1.88. The number of nitriles is 1. The van der Waals surface area contributed by atoms with Gasteiger partial charge in [-0.05, 0) is 62.2 Å². The summed E-state index contributed by atoms with van der Waals surface area (Å²) in [6.45, 7) is 9.15. The fourth-order valence-corrected chi connectivity index (χ4v) is 4.96. The lowest BCUT2D eigenvalue weighted by Crippen LogP contribution is -2.11. The Kier molecular flexibility index (Phi) is 7.18. The van der Waals surface area contributed by atoms with E-state index in [0.717, 1.165) is 33.6 Å². The maximum Gasteiger partial charge on any atom is 0.322 e. The molecule has 0 bridgehead atoms. The number of carbonyl (C=O) groups is 1. The standard InChI is InChI=1S/C31H26ClN7O2/c1-16(2)30(40)38-21-7-8-22(17(3)12-21)28-25(26-27(39(28)5)20(14-33)15-36-29(26)34)19-6-9-24(23(32)13-19)41-31-35-11-10-18(4)37-31/h6-13,15H,1H2,2-5H3,(H2,34,36)(H,38,40). The van der Waals surface area contributed by atoms with Gasteiger partial charge in [-0.1, -0.05) is 30.3 Å². The Balaban J connectivity index is 1.71. The van der Waals surface area contributed by atoms with Crippen LogP contribution in [0.4, 0.5) is 11.5 Å². The van der Waals surface area contributed by atoms with Gasteiger partial charge < -0.3 is 20.4 Å². The zero-order valence-corrected chi connectivity index (χ0v) is 23.7. The number of amides is 1. The number of pyridine rings is 1. The Morgan fingerprint density at radius 3 is 2.61 bits per heavy atom. The average Bonchev–Trinajstić information content (AvgIpc) is 3.24. The average molecular weight is 564 g/mol. The number of benzene rings is 2. The number of rotatable bonds is 6. The first-order valence-electron chi connectivity index (χ1n) is 12.6. The molecule has 0 aliphatic rings. The SMILES string of the molecule is C=C(C)C(=O)Nc1ccc(-c2c(-c3ccc(Oc4nccc(C)n4)c(Cl)c3)c3c(N)ncc(C#N)c3n2C)c(C)c1. The normalized spacial score (nSPS) is 10.8. The van der Waals surface area contributed by atoms with Gasteiger partial charge in [0.2, 0.25) is 0 Å². The van der Waals surface area contributed by atoms with Crippen LogP contribution in [0.5, 0.6) is 11.8 Å². The number of hydrogen-bond acceptors (Lipinski definition) is 7. The summed E-state index contributed by atoms with van der Waals surface area (Å²) >= 11 is 6.72. The van der Waals surface area contributed by atoms with Crippen LogP contribution in [0.25, 0.3) is 33.3 Å². The van der Waals surface area contributed by atoms with Crippen LogP contribution >= 0.6 is 11.6 Å². The Labute approximate surface area is 241 Å². The number of aromatic nitrogens is 4. The molecule has 9 nitrogen and oxygen atoms in total. The number of aryl methyl sites for hydroxylation is 3. The summed E-state index contributed by atoms with van der Waals surface area (Å²) in [6.07, 6.45) is 3.09. The van der Waals surface area contributed by atoms with Gasteiger partial charge in [0.1, 0.15) is 17.6 Å². The maximum absolute atomic E-state index is 12.2. The number of fused-ring (bicyclic) bond motifs is 1. The Morgan fingerprint density at radius 2 is 1.95 bits per heavy atom. The summed E-state index contributed by atoms with van der Waals surface area (Å²) in [5.41, 5.74) is 13.4. The molecule has 10 heteroatoms. The van der Waals surface area contributed by atoms with Crippen LogP contribution in [0.15, 0.2) is 67.0 Å². The quantitative estimate of drug-likeness (QED) is 0.219. The molecule has 3 heterocycles. The molecule has 0 aliphatic heterocycles. The van der Waals surface area contributed by atoms with Crippen LogP contribution in [-0.4, -0.2) is 25.4 Å². The Morgan fingerprint density at radius 1 is 1.17 bits per heavy atom. The van der Waals surface area contributed by atoms with Crippen molar-refractivity contribution < 1.29 is 9.53 Å². The molecule has 0 spiro atoms. The first-order valence-corrected chi connectivity index (χ1v) is 13.0. The molecular weight excluding hydrogens is 538 g/mol. The van der Waals surface area contributed by atoms with E-state index in [-0.39, 0.29) is 17.7 Å². The number of anilines is 2. The molecule has 5 aromatic rings. The molecule has 3 N–H and O–H groups in total. The third kappa shape index (κ3) is 5.09. The molecule has 41 heavy (non-hydrogen) atoms. The van der Waals surface area contributed by atoms with E-state index < -0.39 is 0 Å². The first kappa shape index (κ1) is 27.4. The summed E-state index contributed by atoms with van der Waals surface area (Å²) in [4.78, 5) is 24.9. The number of halogens is 1. The van der Waals surface area contributed by atoms with Crippen molar-refractivity contribution in [2.24, 2.45) is 7.05 Å². The zero-order valence-electron chi connectivity index (χ0n) is 22.9. The summed E-state index contributed by atoms with van der Waals surface area (Å²) in [5, 5.41) is 13.7. The van der Waals surface area contributed by atoms with E-state index in [4.69, 9.17) is 22.1 Å². The molecule has 2 aromatic carbocycles. The Bertz CT molecular complexity index is 1920. The lowest BCUT2D eigenvalue weighted by Gasteiger charge is -2.14. The van der Waals surface area contributed by atoms with E-state index in [1.165, 1.54) is 6.20 Å². The van der Waals surface area contributed by atoms with E-state index in [2.05, 4.69) is 32.9 Å². The van der Waals surface area contributed by atoms with Gasteiger partial charge in [-0.3, -0.25) is 4.79 Å².